The van der Waals surface area contributed by atoms with Crippen molar-refractivity contribution in [2.45, 2.75) is 32.0 Å². The molecule has 1 aromatic heterocycles. The van der Waals surface area contributed by atoms with Gasteiger partial charge in [-0.15, -0.1) is 0 Å². The summed E-state index contributed by atoms with van der Waals surface area (Å²) in [5.74, 6) is -0.828. The van der Waals surface area contributed by atoms with Crippen molar-refractivity contribution in [2.75, 3.05) is 0 Å². The normalized spacial score (nSPS) is 13.1. The van der Waals surface area contributed by atoms with Gasteiger partial charge in [-0.3, -0.25) is 9.48 Å². The Kier molecular flexibility index (Phi) is 5.89. The Labute approximate surface area is 139 Å². The number of carbonyl (C=O) groups excluding carboxylic acids is 2. The smallest absolute Gasteiger partial charge is 0.312 e. The average molecular weight is 333 g/mol. The molecule has 0 aliphatic heterocycles. The molecule has 0 unspecified atom stereocenters. The Balaban J connectivity index is 1.99. The Morgan fingerprint density at radius 2 is 2.04 bits per heavy atom. The molecule has 0 fully saturated rings. The van der Waals surface area contributed by atoms with Gasteiger partial charge in [-0.05, 0) is 19.1 Å². The third-order valence-corrected chi connectivity index (χ3v) is 3.41. The third-order valence-electron chi connectivity index (χ3n) is 3.41. The Morgan fingerprint density at radius 3 is 2.67 bits per heavy atom. The highest BCUT2D eigenvalue weighted by atomic mass is 19.1. The van der Waals surface area contributed by atoms with Gasteiger partial charge in [-0.25, -0.2) is 9.18 Å². The van der Waals surface area contributed by atoms with Crippen molar-refractivity contribution in [1.29, 1.82) is 0 Å². The van der Waals surface area contributed by atoms with Crippen LogP contribution in [0.1, 0.15) is 24.9 Å². The van der Waals surface area contributed by atoms with Gasteiger partial charge in [0.25, 0.3) is 0 Å². The number of hydrogen-bond donors (Lipinski definition) is 3. The summed E-state index contributed by atoms with van der Waals surface area (Å²) < 4.78 is 15.6. The van der Waals surface area contributed by atoms with Crippen LogP contribution in [0.4, 0.5) is 9.18 Å². The largest absolute Gasteiger partial charge is 0.352 e. The lowest BCUT2D eigenvalue weighted by atomic mass is 10.0. The molecule has 0 saturated carbocycles. The van der Waals surface area contributed by atoms with Gasteiger partial charge in [0.2, 0.25) is 5.91 Å². The quantitative estimate of drug-likeness (QED) is 0.712. The van der Waals surface area contributed by atoms with Gasteiger partial charge in [-0.2, -0.15) is 5.10 Å². The van der Waals surface area contributed by atoms with Gasteiger partial charge in [0.1, 0.15) is 5.82 Å². The van der Waals surface area contributed by atoms with Crippen LogP contribution in [0.3, 0.4) is 0 Å². The van der Waals surface area contributed by atoms with E-state index in [1.807, 2.05) is 6.92 Å². The highest BCUT2D eigenvalue weighted by Crippen LogP contribution is 2.20. The molecule has 0 bridgehead atoms. The minimum absolute atomic E-state index is 0.118. The van der Waals surface area contributed by atoms with Crippen molar-refractivity contribution in [3.63, 3.8) is 0 Å². The standard InChI is InChI=1S/C16H20FN5O2/c1-11(10-22-8-4-7-19-22)20-15(23)9-14(21-16(18)24)12-5-2-3-6-13(12)17/h2-8,11,14H,9-10H2,1H3,(H,20,23)(H3,18,21,24)/t11-,14-/m0/s1. The molecule has 0 radical (unpaired) electrons. The number of benzene rings is 1. The van der Waals surface area contributed by atoms with Gasteiger partial charge in [-0.1, -0.05) is 18.2 Å². The second-order valence-electron chi connectivity index (χ2n) is 5.48. The lowest BCUT2D eigenvalue weighted by Crippen LogP contribution is -2.40. The zero-order chi connectivity index (χ0) is 17.5. The fourth-order valence-electron chi connectivity index (χ4n) is 2.42. The van der Waals surface area contributed by atoms with Crippen LogP contribution in [0.5, 0.6) is 0 Å². The molecule has 1 heterocycles. The molecule has 4 N–H and O–H groups in total. The maximum atomic E-state index is 13.9. The first kappa shape index (κ1) is 17.5. The zero-order valence-corrected chi connectivity index (χ0v) is 13.3. The fraction of sp³-hybridized carbons (Fsp3) is 0.312. The highest BCUT2D eigenvalue weighted by molar-refractivity contribution is 5.79. The SMILES string of the molecule is C[C@@H](Cn1cccn1)NC(=O)C[C@H](NC(N)=O)c1ccccc1F. The average Bonchev–Trinajstić information content (AvgIpc) is 2.99. The molecule has 128 valence electrons. The molecule has 24 heavy (non-hydrogen) atoms. The maximum absolute atomic E-state index is 13.9. The predicted molar refractivity (Wildman–Crippen MR) is 86.3 cm³/mol. The van der Waals surface area contributed by atoms with E-state index < -0.39 is 17.9 Å². The van der Waals surface area contributed by atoms with E-state index in [0.717, 1.165) is 0 Å². The highest BCUT2D eigenvalue weighted by Gasteiger charge is 2.21. The van der Waals surface area contributed by atoms with Crippen molar-refractivity contribution in [3.05, 3.63) is 54.1 Å². The third kappa shape index (κ3) is 5.08. The summed E-state index contributed by atoms with van der Waals surface area (Å²) in [6.45, 7) is 2.34. The number of hydrogen-bond acceptors (Lipinski definition) is 3. The van der Waals surface area contributed by atoms with E-state index in [0.29, 0.717) is 6.54 Å². The first-order valence-corrected chi connectivity index (χ1v) is 7.53. The van der Waals surface area contributed by atoms with Crippen LogP contribution in [-0.2, 0) is 11.3 Å². The second kappa shape index (κ2) is 8.09. The van der Waals surface area contributed by atoms with Gasteiger partial charge < -0.3 is 16.4 Å². The van der Waals surface area contributed by atoms with Gasteiger partial charge in [0.05, 0.1) is 19.0 Å². The van der Waals surface area contributed by atoms with E-state index in [1.165, 1.54) is 18.2 Å². The summed E-state index contributed by atoms with van der Waals surface area (Å²) in [6.07, 6.45) is 3.33. The van der Waals surface area contributed by atoms with E-state index in [-0.39, 0.29) is 23.9 Å². The first-order chi connectivity index (χ1) is 11.5. The fourth-order valence-corrected chi connectivity index (χ4v) is 2.42. The monoisotopic (exact) mass is 333 g/mol. The van der Waals surface area contributed by atoms with Crippen LogP contribution in [0, 0.1) is 5.82 Å². The molecule has 7 nitrogen and oxygen atoms in total. The molecule has 1 aromatic carbocycles. The van der Waals surface area contributed by atoms with Crippen molar-refractivity contribution >= 4 is 11.9 Å². The lowest BCUT2D eigenvalue weighted by Gasteiger charge is -2.20. The van der Waals surface area contributed by atoms with Crippen molar-refractivity contribution in [2.24, 2.45) is 5.73 Å². The number of amides is 3. The van der Waals surface area contributed by atoms with E-state index in [9.17, 15) is 14.0 Å². The summed E-state index contributed by atoms with van der Waals surface area (Å²) in [5, 5.41) is 9.27. The minimum Gasteiger partial charge on any atom is -0.352 e. The van der Waals surface area contributed by atoms with E-state index in [4.69, 9.17) is 5.73 Å². The number of carbonyl (C=O) groups is 2. The van der Waals surface area contributed by atoms with E-state index >= 15 is 0 Å². The Bertz CT molecular complexity index is 690. The molecular formula is C16H20FN5O2. The Morgan fingerprint density at radius 1 is 1.29 bits per heavy atom. The number of nitrogens with two attached hydrogens (primary N) is 1. The van der Waals surface area contributed by atoms with Gasteiger partial charge in [0.15, 0.2) is 0 Å². The molecule has 0 saturated heterocycles. The van der Waals surface area contributed by atoms with Crippen LogP contribution >= 0.6 is 0 Å². The predicted octanol–water partition coefficient (Wildman–Crippen LogP) is 1.33. The molecule has 2 atom stereocenters. The van der Waals surface area contributed by atoms with E-state index in [2.05, 4.69) is 15.7 Å². The summed E-state index contributed by atoms with van der Waals surface area (Å²) in [6, 6.07) is 5.91. The maximum Gasteiger partial charge on any atom is 0.312 e. The number of primary amides is 1. The number of halogens is 1. The van der Waals surface area contributed by atoms with Crippen LogP contribution in [0.25, 0.3) is 0 Å². The van der Waals surface area contributed by atoms with Crippen molar-refractivity contribution in [3.8, 4) is 0 Å². The number of rotatable bonds is 7. The molecular weight excluding hydrogens is 313 g/mol. The molecule has 0 aliphatic carbocycles. The molecule has 3 amide bonds. The summed E-state index contributed by atoms with van der Waals surface area (Å²) in [7, 11) is 0. The van der Waals surface area contributed by atoms with Crippen molar-refractivity contribution in [1.82, 2.24) is 20.4 Å². The molecule has 2 aromatic rings. The van der Waals surface area contributed by atoms with Gasteiger partial charge >= 0.3 is 6.03 Å². The summed E-state index contributed by atoms with van der Waals surface area (Å²) in [5.41, 5.74) is 5.35. The number of nitrogens with one attached hydrogen (secondary N) is 2. The minimum atomic E-state index is -0.833. The van der Waals surface area contributed by atoms with E-state index in [1.54, 1.807) is 29.2 Å². The molecule has 0 spiro atoms. The molecule has 8 heteroatoms. The summed E-state index contributed by atoms with van der Waals surface area (Å²) in [4.78, 5) is 23.4. The summed E-state index contributed by atoms with van der Waals surface area (Å²) >= 11 is 0. The number of aromatic nitrogens is 2. The van der Waals surface area contributed by atoms with Crippen LogP contribution in [0.15, 0.2) is 42.7 Å². The van der Waals surface area contributed by atoms with Gasteiger partial charge in [0, 0.05) is 24.0 Å². The zero-order valence-electron chi connectivity index (χ0n) is 13.3. The molecule has 2 rings (SSSR count). The topological polar surface area (TPSA) is 102 Å². The first-order valence-electron chi connectivity index (χ1n) is 7.53. The number of urea groups is 1. The van der Waals surface area contributed by atoms with Crippen molar-refractivity contribution < 1.29 is 14.0 Å². The van der Waals surface area contributed by atoms with Crippen LogP contribution in [0.2, 0.25) is 0 Å². The Hall–Kier alpha value is -2.90. The number of nitrogens with zero attached hydrogens (tertiary/aromatic N) is 2. The van der Waals surface area contributed by atoms with Crippen LogP contribution in [-0.4, -0.2) is 27.8 Å². The lowest BCUT2D eigenvalue weighted by molar-refractivity contribution is -0.122. The second-order valence-corrected chi connectivity index (χ2v) is 5.48. The molecule has 0 aliphatic rings. The van der Waals surface area contributed by atoms with Crippen LogP contribution < -0.4 is 16.4 Å².